The zero-order valence-corrected chi connectivity index (χ0v) is 12.8. The van der Waals surface area contributed by atoms with Gasteiger partial charge in [-0.25, -0.2) is 0 Å². The van der Waals surface area contributed by atoms with Crippen LogP contribution in [0.1, 0.15) is 19.4 Å². The summed E-state index contributed by atoms with van der Waals surface area (Å²) in [6.07, 6.45) is 0. The van der Waals surface area contributed by atoms with Crippen LogP contribution in [0.25, 0.3) is 0 Å². The van der Waals surface area contributed by atoms with Gasteiger partial charge in [0.25, 0.3) is 5.91 Å². The van der Waals surface area contributed by atoms with Gasteiger partial charge in [-0.2, -0.15) is 0 Å². The van der Waals surface area contributed by atoms with Gasteiger partial charge in [0.2, 0.25) is 0 Å². The minimum atomic E-state index is -0.195. The summed E-state index contributed by atoms with van der Waals surface area (Å²) in [5, 5.41) is 3.14. The second-order valence-corrected chi connectivity index (χ2v) is 5.21. The summed E-state index contributed by atoms with van der Waals surface area (Å²) >= 11 is 6.11. The molecule has 3 N–H and O–H groups in total. The highest BCUT2D eigenvalue weighted by Crippen LogP contribution is 2.36. The maximum absolute atomic E-state index is 11.6. The summed E-state index contributed by atoms with van der Waals surface area (Å²) in [7, 11) is 1.51. The van der Waals surface area contributed by atoms with Crippen molar-refractivity contribution in [3.8, 4) is 11.5 Å². The molecule has 1 amide bonds. The lowest BCUT2D eigenvalue weighted by atomic mass is 10.2. The molecule has 0 aliphatic heterocycles. The molecular formula is C14H21ClN2O3. The van der Waals surface area contributed by atoms with E-state index in [-0.39, 0.29) is 12.5 Å². The van der Waals surface area contributed by atoms with Crippen molar-refractivity contribution >= 4 is 17.5 Å². The van der Waals surface area contributed by atoms with Gasteiger partial charge in [-0.3, -0.25) is 4.79 Å². The second kappa shape index (κ2) is 7.97. The molecule has 5 nitrogen and oxygen atoms in total. The summed E-state index contributed by atoms with van der Waals surface area (Å²) in [5.74, 6) is 1.02. The summed E-state index contributed by atoms with van der Waals surface area (Å²) in [4.78, 5) is 11.6. The lowest BCUT2D eigenvalue weighted by Crippen LogP contribution is -2.31. The first kappa shape index (κ1) is 16.6. The standard InChI is InChI=1S/C14H21ClN2O3/c1-9(2)7-17-13(18)8-20-14-11(15)4-10(6-16)5-12(14)19-3/h4-5,9H,6-8,16H2,1-3H3,(H,17,18). The number of rotatable bonds is 7. The molecule has 0 bridgehead atoms. The van der Waals surface area contributed by atoms with Gasteiger partial charge in [0.1, 0.15) is 0 Å². The Kier molecular flexibility index (Phi) is 6.61. The first-order chi connectivity index (χ1) is 9.47. The maximum atomic E-state index is 11.6. The molecule has 0 aliphatic rings. The third-order valence-electron chi connectivity index (χ3n) is 2.58. The molecular weight excluding hydrogens is 280 g/mol. The Labute approximate surface area is 124 Å². The molecule has 1 aromatic carbocycles. The number of hydrogen-bond acceptors (Lipinski definition) is 4. The van der Waals surface area contributed by atoms with E-state index in [0.717, 1.165) is 5.56 Å². The van der Waals surface area contributed by atoms with Crippen LogP contribution < -0.4 is 20.5 Å². The van der Waals surface area contributed by atoms with E-state index >= 15 is 0 Å². The van der Waals surface area contributed by atoms with Crippen molar-refractivity contribution in [3.63, 3.8) is 0 Å². The quantitative estimate of drug-likeness (QED) is 0.807. The first-order valence-electron chi connectivity index (χ1n) is 6.43. The molecule has 0 heterocycles. The number of carbonyl (C=O) groups excluding carboxylic acids is 1. The lowest BCUT2D eigenvalue weighted by Gasteiger charge is -2.14. The fraction of sp³-hybridized carbons (Fsp3) is 0.500. The van der Waals surface area contributed by atoms with Crippen LogP contribution >= 0.6 is 11.6 Å². The van der Waals surface area contributed by atoms with Crippen molar-refractivity contribution in [3.05, 3.63) is 22.7 Å². The highest BCUT2D eigenvalue weighted by molar-refractivity contribution is 6.32. The summed E-state index contributed by atoms with van der Waals surface area (Å²) in [6, 6.07) is 3.44. The Hall–Kier alpha value is -1.46. The van der Waals surface area contributed by atoms with Crippen molar-refractivity contribution in [2.24, 2.45) is 11.7 Å². The van der Waals surface area contributed by atoms with Crippen LogP contribution in [-0.2, 0) is 11.3 Å². The van der Waals surface area contributed by atoms with Gasteiger partial charge in [0, 0.05) is 13.1 Å². The highest BCUT2D eigenvalue weighted by atomic mass is 35.5. The molecule has 0 aromatic heterocycles. The first-order valence-corrected chi connectivity index (χ1v) is 6.81. The number of ether oxygens (including phenoxy) is 2. The Balaban J connectivity index is 2.70. The molecule has 112 valence electrons. The largest absolute Gasteiger partial charge is 0.493 e. The highest BCUT2D eigenvalue weighted by Gasteiger charge is 2.13. The van der Waals surface area contributed by atoms with E-state index in [9.17, 15) is 4.79 Å². The third kappa shape index (κ3) is 4.90. The predicted octanol–water partition coefficient (Wildman–Crippen LogP) is 1.96. The Morgan fingerprint density at radius 3 is 2.70 bits per heavy atom. The van der Waals surface area contributed by atoms with E-state index in [1.54, 1.807) is 12.1 Å². The van der Waals surface area contributed by atoms with Crippen LogP contribution in [0.2, 0.25) is 5.02 Å². The molecule has 1 aromatic rings. The number of hydrogen-bond donors (Lipinski definition) is 2. The van der Waals surface area contributed by atoms with Crippen LogP contribution in [-0.4, -0.2) is 26.2 Å². The van der Waals surface area contributed by atoms with Gasteiger partial charge in [-0.15, -0.1) is 0 Å². The number of benzene rings is 1. The molecule has 0 saturated carbocycles. The van der Waals surface area contributed by atoms with Crippen LogP contribution in [0.4, 0.5) is 0 Å². The monoisotopic (exact) mass is 300 g/mol. The Morgan fingerprint density at radius 2 is 2.15 bits per heavy atom. The van der Waals surface area contributed by atoms with Crippen LogP contribution in [0.15, 0.2) is 12.1 Å². The van der Waals surface area contributed by atoms with Crippen molar-refractivity contribution < 1.29 is 14.3 Å². The summed E-state index contributed by atoms with van der Waals surface area (Å²) in [5.41, 5.74) is 6.40. The van der Waals surface area contributed by atoms with Crippen LogP contribution in [0.5, 0.6) is 11.5 Å². The van der Waals surface area contributed by atoms with Crippen molar-refractivity contribution in [2.75, 3.05) is 20.3 Å². The maximum Gasteiger partial charge on any atom is 0.257 e. The fourth-order valence-corrected chi connectivity index (χ4v) is 1.83. The van der Waals surface area contributed by atoms with Crippen molar-refractivity contribution in [1.82, 2.24) is 5.32 Å². The average Bonchev–Trinajstić information content (AvgIpc) is 2.42. The molecule has 1 rings (SSSR count). The second-order valence-electron chi connectivity index (χ2n) is 4.80. The molecule has 0 unspecified atom stereocenters. The zero-order chi connectivity index (χ0) is 15.1. The summed E-state index contributed by atoms with van der Waals surface area (Å²) in [6.45, 7) is 4.90. The number of amides is 1. The van der Waals surface area contributed by atoms with E-state index in [4.69, 9.17) is 26.8 Å². The van der Waals surface area contributed by atoms with Crippen molar-refractivity contribution in [1.29, 1.82) is 0 Å². The Morgan fingerprint density at radius 1 is 1.45 bits per heavy atom. The van der Waals surface area contributed by atoms with E-state index in [1.807, 2.05) is 13.8 Å². The minimum Gasteiger partial charge on any atom is -0.493 e. The van der Waals surface area contributed by atoms with E-state index < -0.39 is 0 Å². The topological polar surface area (TPSA) is 73.6 Å². The summed E-state index contributed by atoms with van der Waals surface area (Å²) < 4.78 is 10.6. The van der Waals surface area contributed by atoms with Gasteiger partial charge in [-0.05, 0) is 23.6 Å². The number of nitrogens with two attached hydrogens (primary N) is 1. The van der Waals surface area contributed by atoms with Gasteiger partial charge >= 0.3 is 0 Å². The Bertz CT molecular complexity index is 464. The molecule has 0 spiro atoms. The third-order valence-corrected chi connectivity index (χ3v) is 2.86. The van der Waals surface area contributed by atoms with E-state index in [1.165, 1.54) is 7.11 Å². The minimum absolute atomic E-state index is 0.106. The van der Waals surface area contributed by atoms with Gasteiger partial charge in [0.15, 0.2) is 18.1 Å². The van der Waals surface area contributed by atoms with Gasteiger partial charge in [-0.1, -0.05) is 25.4 Å². The molecule has 0 fully saturated rings. The number of carbonyl (C=O) groups is 1. The van der Waals surface area contributed by atoms with Crippen LogP contribution in [0.3, 0.4) is 0 Å². The van der Waals surface area contributed by atoms with Gasteiger partial charge in [0.05, 0.1) is 12.1 Å². The zero-order valence-electron chi connectivity index (χ0n) is 12.0. The number of methoxy groups -OCH3 is 1. The molecule has 20 heavy (non-hydrogen) atoms. The van der Waals surface area contributed by atoms with Crippen LogP contribution in [0, 0.1) is 5.92 Å². The molecule has 6 heteroatoms. The van der Waals surface area contributed by atoms with E-state index in [0.29, 0.717) is 35.5 Å². The molecule has 0 radical (unpaired) electrons. The number of halogens is 1. The van der Waals surface area contributed by atoms with E-state index in [2.05, 4.69) is 5.32 Å². The molecule has 0 atom stereocenters. The smallest absolute Gasteiger partial charge is 0.257 e. The van der Waals surface area contributed by atoms with Crippen molar-refractivity contribution in [2.45, 2.75) is 20.4 Å². The van der Waals surface area contributed by atoms with Gasteiger partial charge < -0.3 is 20.5 Å². The number of nitrogens with one attached hydrogen (secondary N) is 1. The average molecular weight is 301 g/mol. The predicted molar refractivity (Wildman–Crippen MR) is 79.2 cm³/mol. The normalized spacial score (nSPS) is 10.5. The fourth-order valence-electron chi connectivity index (χ4n) is 1.54. The SMILES string of the molecule is COc1cc(CN)cc(Cl)c1OCC(=O)NCC(C)C. The molecule has 0 saturated heterocycles. The molecule has 0 aliphatic carbocycles. The lowest BCUT2D eigenvalue weighted by molar-refractivity contribution is -0.123.